The summed E-state index contributed by atoms with van der Waals surface area (Å²) >= 11 is 6.07. The highest BCUT2D eigenvalue weighted by atomic mass is 35.5. The van der Waals surface area contributed by atoms with Crippen molar-refractivity contribution in [3.63, 3.8) is 0 Å². The Hall–Kier alpha value is -2.64. The van der Waals surface area contributed by atoms with Crippen molar-refractivity contribution >= 4 is 28.9 Å². The minimum absolute atomic E-state index is 0.148. The fraction of sp³-hybridized carbons (Fsp3) is 0.235. The molecular formula is C17H18ClN3O4. The Bertz CT molecular complexity index is 782. The Morgan fingerprint density at radius 3 is 2.68 bits per heavy atom. The van der Waals surface area contributed by atoms with Gasteiger partial charge in [0.05, 0.1) is 11.5 Å². The number of halogens is 1. The Balaban J connectivity index is 2.20. The van der Waals surface area contributed by atoms with Crippen LogP contribution in [0.4, 0.5) is 11.4 Å². The lowest BCUT2D eigenvalue weighted by Crippen LogP contribution is -2.35. The molecule has 0 aromatic heterocycles. The number of aliphatic hydroxyl groups is 1. The van der Waals surface area contributed by atoms with Crippen LogP contribution in [0.2, 0.25) is 5.02 Å². The maximum absolute atomic E-state index is 12.0. The normalized spacial score (nSPS) is 11.6. The van der Waals surface area contributed by atoms with Crippen molar-refractivity contribution in [2.75, 3.05) is 11.9 Å². The molecule has 1 unspecified atom stereocenters. The summed E-state index contributed by atoms with van der Waals surface area (Å²) < 4.78 is 0. The number of nitro groups is 1. The highest BCUT2D eigenvalue weighted by molar-refractivity contribution is 6.31. The first-order valence-corrected chi connectivity index (χ1v) is 7.97. The number of anilines is 1. The lowest BCUT2D eigenvalue weighted by Gasteiger charge is -2.12. The fourth-order valence-corrected chi connectivity index (χ4v) is 2.36. The summed E-state index contributed by atoms with van der Waals surface area (Å²) in [6.45, 7) is 1.73. The molecule has 0 aliphatic heterocycles. The van der Waals surface area contributed by atoms with Gasteiger partial charge in [-0.3, -0.25) is 14.9 Å². The van der Waals surface area contributed by atoms with E-state index >= 15 is 0 Å². The third-order valence-corrected chi connectivity index (χ3v) is 3.90. The van der Waals surface area contributed by atoms with Crippen molar-refractivity contribution in [1.29, 1.82) is 0 Å². The minimum Gasteiger partial charge on any atom is -0.394 e. The molecular weight excluding hydrogens is 346 g/mol. The predicted molar refractivity (Wildman–Crippen MR) is 95.9 cm³/mol. The molecule has 3 N–H and O–H groups in total. The van der Waals surface area contributed by atoms with E-state index in [0.717, 1.165) is 5.56 Å². The van der Waals surface area contributed by atoms with Crippen molar-refractivity contribution in [2.24, 2.45) is 0 Å². The zero-order chi connectivity index (χ0) is 18.4. The smallest absolute Gasteiger partial charge is 0.293 e. The second kappa shape index (κ2) is 8.46. The van der Waals surface area contributed by atoms with Crippen molar-refractivity contribution in [3.8, 4) is 0 Å². The molecule has 0 aliphatic carbocycles. The van der Waals surface area contributed by atoms with Gasteiger partial charge < -0.3 is 15.7 Å². The molecule has 1 atom stereocenters. The van der Waals surface area contributed by atoms with E-state index in [4.69, 9.17) is 16.7 Å². The van der Waals surface area contributed by atoms with Gasteiger partial charge >= 0.3 is 0 Å². The van der Waals surface area contributed by atoms with E-state index in [0.29, 0.717) is 11.6 Å². The number of hydrogen-bond acceptors (Lipinski definition) is 5. The molecule has 2 rings (SSSR count). The summed E-state index contributed by atoms with van der Waals surface area (Å²) in [7, 11) is 0. The summed E-state index contributed by atoms with van der Waals surface area (Å²) in [6, 6.07) is 10.9. The van der Waals surface area contributed by atoms with Crippen LogP contribution < -0.4 is 10.6 Å². The van der Waals surface area contributed by atoms with Gasteiger partial charge in [0.2, 0.25) is 0 Å². The number of nitro benzene ring substituents is 1. The van der Waals surface area contributed by atoms with Crippen molar-refractivity contribution in [1.82, 2.24) is 5.32 Å². The molecule has 0 saturated heterocycles. The molecule has 7 nitrogen and oxygen atoms in total. The van der Waals surface area contributed by atoms with Crippen LogP contribution in [0.25, 0.3) is 0 Å². The number of benzene rings is 2. The molecule has 0 spiro atoms. The maximum Gasteiger partial charge on any atom is 0.293 e. The molecule has 1 amide bonds. The second-order valence-corrected chi connectivity index (χ2v) is 5.90. The number of carbonyl (C=O) groups is 1. The van der Waals surface area contributed by atoms with Gasteiger partial charge in [0.25, 0.3) is 11.6 Å². The molecule has 0 saturated carbocycles. The molecule has 0 bridgehead atoms. The quantitative estimate of drug-likeness (QED) is 0.518. The number of rotatable bonds is 7. The molecule has 0 fully saturated rings. The van der Waals surface area contributed by atoms with Gasteiger partial charge in [-0.05, 0) is 30.7 Å². The van der Waals surface area contributed by atoms with E-state index in [1.54, 1.807) is 19.1 Å². The van der Waals surface area contributed by atoms with Crippen molar-refractivity contribution < 1.29 is 14.8 Å². The Morgan fingerprint density at radius 1 is 1.32 bits per heavy atom. The van der Waals surface area contributed by atoms with Crippen LogP contribution >= 0.6 is 11.6 Å². The second-order valence-electron chi connectivity index (χ2n) is 5.49. The maximum atomic E-state index is 12.0. The van der Waals surface area contributed by atoms with Gasteiger partial charge in [-0.2, -0.15) is 0 Å². The highest BCUT2D eigenvalue weighted by Crippen LogP contribution is 2.27. The Morgan fingerprint density at radius 2 is 2.04 bits per heavy atom. The van der Waals surface area contributed by atoms with Crippen LogP contribution in [0.3, 0.4) is 0 Å². The number of nitrogens with zero attached hydrogens (tertiary/aromatic N) is 1. The van der Waals surface area contributed by atoms with E-state index < -0.39 is 16.9 Å². The van der Waals surface area contributed by atoms with Crippen LogP contribution in [-0.2, 0) is 6.54 Å². The van der Waals surface area contributed by atoms with Crippen LogP contribution in [-0.4, -0.2) is 28.6 Å². The van der Waals surface area contributed by atoms with Crippen LogP contribution in [0, 0.1) is 10.1 Å². The zero-order valence-corrected chi connectivity index (χ0v) is 14.3. The number of hydrogen-bond donors (Lipinski definition) is 3. The summed E-state index contributed by atoms with van der Waals surface area (Å²) in [5.74, 6) is -0.484. The Kier molecular flexibility index (Phi) is 6.32. The molecule has 25 heavy (non-hydrogen) atoms. The van der Waals surface area contributed by atoms with Gasteiger partial charge in [-0.25, -0.2) is 0 Å². The average Bonchev–Trinajstić information content (AvgIpc) is 2.60. The largest absolute Gasteiger partial charge is 0.394 e. The number of amides is 1. The van der Waals surface area contributed by atoms with E-state index in [2.05, 4.69) is 10.6 Å². The zero-order valence-electron chi connectivity index (χ0n) is 13.5. The van der Waals surface area contributed by atoms with Crippen LogP contribution in [0.15, 0.2) is 42.5 Å². The monoisotopic (exact) mass is 363 g/mol. The SMILES string of the molecule is CC(CO)NC(=O)c1ccc(NCc2ccccc2Cl)c([N+](=O)[O-])c1. The topological polar surface area (TPSA) is 104 Å². The van der Waals surface area contributed by atoms with Gasteiger partial charge in [0.1, 0.15) is 5.69 Å². The van der Waals surface area contributed by atoms with E-state index in [9.17, 15) is 14.9 Å². The predicted octanol–water partition coefficient (Wildman–Crippen LogP) is 2.97. The lowest BCUT2D eigenvalue weighted by atomic mass is 10.1. The van der Waals surface area contributed by atoms with E-state index in [-0.39, 0.29) is 23.5 Å². The first-order chi connectivity index (χ1) is 11.9. The molecule has 0 aliphatic rings. The first-order valence-electron chi connectivity index (χ1n) is 7.59. The van der Waals surface area contributed by atoms with Crippen molar-refractivity contribution in [3.05, 3.63) is 68.7 Å². The van der Waals surface area contributed by atoms with Crippen LogP contribution in [0.5, 0.6) is 0 Å². The molecule has 0 heterocycles. The average molecular weight is 364 g/mol. The van der Waals surface area contributed by atoms with Gasteiger partial charge in [-0.1, -0.05) is 29.8 Å². The third kappa shape index (κ3) is 4.91. The third-order valence-electron chi connectivity index (χ3n) is 3.54. The van der Waals surface area contributed by atoms with E-state index in [1.807, 2.05) is 12.1 Å². The Labute approximate surface area is 149 Å². The molecule has 0 radical (unpaired) electrons. The summed E-state index contributed by atoms with van der Waals surface area (Å²) in [5, 5.41) is 26.4. The molecule has 2 aromatic rings. The minimum atomic E-state index is -0.554. The summed E-state index contributed by atoms with van der Waals surface area (Å²) in [6.07, 6.45) is 0. The van der Waals surface area contributed by atoms with E-state index in [1.165, 1.54) is 18.2 Å². The number of carbonyl (C=O) groups excluding carboxylic acids is 1. The lowest BCUT2D eigenvalue weighted by molar-refractivity contribution is -0.384. The van der Waals surface area contributed by atoms with Gasteiger partial charge in [-0.15, -0.1) is 0 Å². The highest BCUT2D eigenvalue weighted by Gasteiger charge is 2.18. The van der Waals surface area contributed by atoms with Gasteiger partial charge in [0.15, 0.2) is 0 Å². The van der Waals surface area contributed by atoms with Crippen LogP contribution in [0.1, 0.15) is 22.8 Å². The van der Waals surface area contributed by atoms with Gasteiger partial charge in [0, 0.05) is 29.2 Å². The molecule has 2 aromatic carbocycles. The first kappa shape index (κ1) is 18.7. The molecule has 132 valence electrons. The molecule has 8 heteroatoms. The number of aliphatic hydroxyl groups excluding tert-OH is 1. The summed E-state index contributed by atoms with van der Waals surface area (Å²) in [5.41, 5.74) is 1.03. The summed E-state index contributed by atoms with van der Waals surface area (Å²) in [4.78, 5) is 22.8. The number of nitrogens with one attached hydrogen (secondary N) is 2. The fourth-order valence-electron chi connectivity index (χ4n) is 2.16. The van der Waals surface area contributed by atoms with Crippen molar-refractivity contribution in [2.45, 2.75) is 19.5 Å². The standard InChI is InChI=1S/C17H18ClN3O4/c1-11(10-22)20-17(23)12-6-7-15(16(8-12)21(24)25)19-9-13-4-2-3-5-14(13)18/h2-8,11,19,22H,9-10H2,1H3,(H,20,23).